The number of aliphatic hydroxyl groups excluding tert-OH is 1. The number of phenols is 1. The van der Waals surface area contributed by atoms with E-state index in [2.05, 4.69) is 32.3 Å². The number of nitrogens with one attached hydrogen (secondary N) is 1. The molecular weight excluding hydrogens is 530 g/mol. The van der Waals surface area contributed by atoms with Crippen LogP contribution in [0.2, 0.25) is 0 Å². The highest BCUT2D eigenvalue weighted by atomic mass is 16.4. The summed E-state index contributed by atoms with van der Waals surface area (Å²) < 4.78 is 2.02. The molecule has 6 rings (SSSR count). The molecule has 3 saturated carbocycles. The third kappa shape index (κ3) is 5.14. The first-order chi connectivity index (χ1) is 20.0. The van der Waals surface area contributed by atoms with Crippen LogP contribution < -0.4 is 5.32 Å². The van der Waals surface area contributed by atoms with Crippen LogP contribution in [-0.4, -0.2) is 49.6 Å². The van der Waals surface area contributed by atoms with Crippen molar-refractivity contribution in [2.24, 2.45) is 46.3 Å². The maximum absolute atomic E-state index is 12.2. The van der Waals surface area contributed by atoms with Gasteiger partial charge >= 0.3 is 5.97 Å². The molecule has 1 amide bonds. The van der Waals surface area contributed by atoms with Gasteiger partial charge in [0.05, 0.1) is 18.3 Å². The average Bonchev–Trinajstić information content (AvgIpc) is 3.48. The number of aliphatic carboxylic acids is 1. The molecule has 3 fully saturated rings. The minimum atomic E-state index is -1.02. The zero-order chi connectivity index (χ0) is 29.8. The number of aromatic nitrogens is 2. The Morgan fingerprint density at radius 2 is 1.95 bits per heavy atom. The number of aliphatic hydroxyl groups is 1. The second-order valence-electron chi connectivity index (χ2n) is 14.6. The van der Waals surface area contributed by atoms with Crippen molar-refractivity contribution in [2.75, 3.05) is 6.54 Å². The number of fused-ring (bicyclic) bond motifs is 6. The minimum absolute atomic E-state index is 0.142. The van der Waals surface area contributed by atoms with Crippen LogP contribution in [0.4, 0.5) is 0 Å². The van der Waals surface area contributed by atoms with Crippen LogP contribution >= 0.6 is 0 Å². The topological polar surface area (TPSA) is 125 Å². The summed E-state index contributed by atoms with van der Waals surface area (Å²) in [5.74, 6) is 1.69. The van der Waals surface area contributed by atoms with E-state index in [-0.39, 0.29) is 35.1 Å². The van der Waals surface area contributed by atoms with Gasteiger partial charge in [-0.25, -0.2) is 0 Å². The lowest BCUT2D eigenvalue weighted by Crippen LogP contribution is -2.59. The van der Waals surface area contributed by atoms with E-state index in [1.165, 1.54) is 11.3 Å². The molecule has 0 aliphatic heterocycles. The van der Waals surface area contributed by atoms with Crippen molar-refractivity contribution in [1.82, 2.24) is 15.1 Å². The van der Waals surface area contributed by atoms with E-state index in [0.717, 1.165) is 56.9 Å². The molecule has 0 saturated heterocycles. The van der Waals surface area contributed by atoms with Crippen LogP contribution in [0, 0.1) is 46.3 Å². The average molecular weight is 578 g/mol. The third-order valence-corrected chi connectivity index (χ3v) is 12.3. The molecular formula is C34H47N3O5. The number of benzene rings is 1. The summed E-state index contributed by atoms with van der Waals surface area (Å²) >= 11 is 0. The van der Waals surface area contributed by atoms with Gasteiger partial charge in [-0.2, -0.15) is 5.10 Å². The Morgan fingerprint density at radius 1 is 1.17 bits per heavy atom. The molecule has 4 aliphatic carbocycles. The van der Waals surface area contributed by atoms with E-state index >= 15 is 0 Å². The number of amides is 1. The van der Waals surface area contributed by atoms with Gasteiger partial charge in [0.25, 0.3) is 0 Å². The van der Waals surface area contributed by atoms with Crippen molar-refractivity contribution in [2.45, 2.75) is 91.2 Å². The lowest BCUT2D eigenvalue weighted by molar-refractivity contribution is -0.156. The maximum Gasteiger partial charge on any atom is 0.322 e. The minimum Gasteiger partial charge on any atom is -0.508 e. The van der Waals surface area contributed by atoms with Crippen LogP contribution in [0.1, 0.15) is 82.5 Å². The van der Waals surface area contributed by atoms with Gasteiger partial charge in [0.15, 0.2) is 0 Å². The maximum atomic E-state index is 12.2. The van der Waals surface area contributed by atoms with Crippen LogP contribution in [0.15, 0.2) is 30.5 Å². The van der Waals surface area contributed by atoms with Crippen LogP contribution in [-0.2, 0) is 29.0 Å². The number of carbonyl (C=O) groups excluding carboxylic acids is 1. The number of hydrogen-bond donors (Lipinski definition) is 4. The molecule has 4 N–H and O–H groups in total. The van der Waals surface area contributed by atoms with Gasteiger partial charge in [-0.3, -0.25) is 14.3 Å². The Balaban J connectivity index is 1.16. The predicted octanol–water partition coefficient (Wildman–Crippen LogP) is 4.80. The first kappa shape index (κ1) is 29.2. The Kier molecular flexibility index (Phi) is 7.65. The van der Waals surface area contributed by atoms with Crippen LogP contribution in [0.3, 0.4) is 0 Å². The third-order valence-electron chi connectivity index (χ3n) is 12.3. The van der Waals surface area contributed by atoms with Crippen molar-refractivity contribution < 1.29 is 24.9 Å². The number of hydrogen-bond acceptors (Lipinski definition) is 5. The van der Waals surface area contributed by atoms with Crippen LogP contribution in [0.25, 0.3) is 0 Å². The molecule has 9 atom stereocenters. The van der Waals surface area contributed by atoms with Gasteiger partial charge in [-0.05, 0) is 121 Å². The molecule has 0 radical (unpaired) electrons. The van der Waals surface area contributed by atoms with E-state index < -0.39 is 5.97 Å². The number of rotatable bonds is 8. The summed E-state index contributed by atoms with van der Waals surface area (Å²) in [4.78, 5) is 23.0. The Hall–Kier alpha value is -2.87. The molecule has 8 heteroatoms. The Morgan fingerprint density at radius 3 is 2.71 bits per heavy atom. The second kappa shape index (κ2) is 11.0. The molecule has 8 nitrogen and oxygen atoms in total. The highest BCUT2D eigenvalue weighted by molar-refractivity contribution is 5.81. The first-order valence-electron chi connectivity index (χ1n) is 16.0. The van der Waals surface area contributed by atoms with Gasteiger partial charge in [0.2, 0.25) is 5.91 Å². The normalized spacial score (nSPS) is 35.8. The monoisotopic (exact) mass is 577 g/mol. The van der Waals surface area contributed by atoms with Crippen molar-refractivity contribution >= 4 is 11.9 Å². The number of phenolic OH excluding ortho intramolecular Hbond substituents is 1. The highest BCUT2D eigenvalue weighted by Crippen LogP contribution is 2.68. The number of carboxylic acid groups (broad SMARTS) is 1. The summed E-state index contributed by atoms with van der Waals surface area (Å²) in [7, 11) is 0. The fourth-order valence-corrected chi connectivity index (χ4v) is 10.3. The van der Waals surface area contributed by atoms with E-state index in [9.17, 15) is 19.8 Å². The lowest BCUT2D eigenvalue weighted by Gasteiger charge is -2.61. The zero-order valence-corrected chi connectivity index (χ0v) is 25.3. The molecule has 2 aromatic rings. The standard InChI is InChI=1S/C34H47N3O5/c1-20(7-10-30(40)35-17-31(41)42)25-8-9-26-32-27(11-12-33(25,26)2)34(3)16-22-19-37(18-21-5-4-6-24(38)13-21)36-28(22)14-23(34)15-29(32)39/h4-6,13,19-20,23,25-27,29,32,38-39H,7-12,14-18H2,1-3H3,(H,35,40)(H,41,42)/t20-,23?,25?,26?,27?,29-,32?,33-,34+/m1/s1. The molecule has 1 aromatic carbocycles. The molecule has 5 unspecified atom stereocenters. The van der Waals surface area contributed by atoms with Gasteiger partial charge in [0.1, 0.15) is 12.3 Å². The van der Waals surface area contributed by atoms with E-state index in [4.69, 9.17) is 10.2 Å². The van der Waals surface area contributed by atoms with Crippen LogP contribution in [0.5, 0.6) is 5.75 Å². The number of nitrogens with zero attached hydrogens (tertiary/aromatic N) is 2. The Labute approximate surface area is 248 Å². The SMILES string of the molecule is C[C@H](CCC(=O)NCC(=O)O)C1CCC2C3C(CC[C@@]21C)[C@@]1(C)Cc2cn(Cc4cccc(O)c4)nc2CC1C[C@H]3O. The summed E-state index contributed by atoms with van der Waals surface area (Å²) in [6.07, 6.45) is 10.4. The van der Waals surface area contributed by atoms with E-state index in [1.54, 1.807) is 12.1 Å². The molecule has 1 aromatic heterocycles. The van der Waals surface area contributed by atoms with Crippen molar-refractivity contribution in [3.05, 3.63) is 47.3 Å². The zero-order valence-electron chi connectivity index (χ0n) is 25.3. The summed E-state index contributed by atoms with van der Waals surface area (Å²) in [5.41, 5.74) is 3.85. The molecule has 228 valence electrons. The predicted molar refractivity (Wildman–Crippen MR) is 159 cm³/mol. The number of aromatic hydroxyl groups is 1. The van der Waals surface area contributed by atoms with Crippen molar-refractivity contribution in [1.29, 1.82) is 0 Å². The van der Waals surface area contributed by atoms with E-state index in [0.29, 0.717) is 48.5 Å². The largest absolute Gasteiger partial charge is 0.508 e. The van der Waals surface area contributed by atoms with Crippen molar-refractivity contribution in [3.8, 4) is 5.75 Å². The van der Waals surface area contributed by atoms with Crippen molar-refractivity contribution in [3.63, 3.8) is 0 Å². The molecule has 4 aliphatic rings. The number of carboxylic acids is 1. The fourth-order valence-electron chi connectivity index (χ4n) is 10.3. The highest BCUT2D eigenvalue weighted by Gasteiger charge is 2.63. The molecule has 42 heavy (non-hydrogen) atoms. The van der Waals surface area contributed by atoms with Gasteiger partial charge < -0.3 is 20.6 Å². The smallest absolute Gasteiger partial charge is 0.322 e. The summed E-state index contributed by atoms with van der Waals surface area (Å²) in [6, 6.07) is 7.38. The Bertz CT molecular complexity index is 1340. The van der Waals surface area contributed by atoms with E-state index in [1.807, 2.05) is 16.8 Å². The fraction of sp³-hybridized carbons (Fsp3) is 0.676. The summed E-state index contributed by atoms with van der Waals surface area (Å²) in [5, 5.41) is 38.0. The molecule has 1 heterocycles. The quantitative estimate of drug-likeness (QED) is 0.357. The first-order valence-corrected chi connectivity index (χ1v) is 16.0. The van der Waals surface area contributed by atoms with Gasteiger partial charge in [0, 0.05) is 12.6 Å². The summed E-state index contributed by atoms with van der Waals surface area (Å²) in [6.45, 7) is 7.53. The molecule has 0 spiro atoms. The lowest BCUT2D eigenvalue weighted by atomic mass is 9.44. The number of carbonyl (C=O) groups is 2. The van der Waals surface area contributed by atoms with Gasteiger partial charge in [-0.1, -0.05) is 32.9 Å². The van der Waals surface area contributed by atoms with Gasteiger partial charge in [-0.15, -0.1) is 0 Å². The molecule has 0 bridgehead atoms. The second-order valence-corrected chi connectivity index (χ2v) is 14.6.